The Morgan fingerprint density at radius 1 is 1.42 bits per heavy atom. The minimum Gasteiger partial charge on any atom is -0.507 e. The number of hydrogen-bond acceptors (Lipinski definition) is 4. The average Bonchev–Trinajstić information content (AvgIpc) is 2.38. The third kappa shape index (κ3) is 2.51. The highest BCUT2D eigenvalue weighted by atomic mass is 16.3. The van der Waals surface area contributed by atoms with Gasteiger partial charge in [-0.1, -0.05) is 13.0 Å². The second kappa shape index (κ2) is 5.48. The maximum absolute atomic E-state index is 12.5. The number of piperidine rings is 1. The summed E-state index contributed by atoms with van der Waals surface area (Å²) in [5, 5.41) is 19.6. The van der Waals surface area contributed by atoms with Gasteiger partial charge in [-0.15, -0.1) is 0 Å². The number of amides is 1. The van der Waals surface area contributed by atoms with E-state index in [9.17, 15) is 15.0 Å². The molecule has 0 spiro atoms. The van der Waals surface area contributed by atoms with Crippen molar-refractivity contribution in [1.82, 2.24) is 4.90 Å². The Labute approximate surface area is 112 Å². The van der Waals surface area contributed by atoms with Crippen LogP contribution >= 0.6 is 0 Å². The average molecular weight is 264 g/mol. The zero-order valence-electron chi connectivity index (χ0n) is 11.0. The Morgan fingerprint density at radius 2 is 2.05 bits per heavy atom. The van der Waals surface area contributed by atoms with E-state index in [1.807, 2.05) is 0 Å². The molecule has 2 rings (SSSR count). The molecule has 2 atom stereocenters. The largest absolute Gasteiger partial charge is 0.507 e. The van der Waals surface area contributed by atoms with Crippen LogP contribution in [0, 0.1) is 5.92 Å². The van der Waals surface area contributed by atoms with Gasteiger partial charge in [0.15, 0.2) is 0 Å². The van der Waals surface area contributed by atoms with E-state index in [4.69, 9.17) is 5.73 Å². The first kappa shape index (κ1) is 13.7. The van der Waals surface area contributed by atoms with E-state index in [2.05, 4.69) is 6.92 Å². The number of benzene rings is 1. The summed E-state index contributed by atoms with van der Waals surface area (Å²) in [5.41, 5.74) is 5.72. The molecule has 0 bridgehead atoms. The number of phenolic OH excluding ortho intramolecular Hbond substituents is 2. The molecule has 4 N–H and O–H groups in total. The molecule has 0 saturated carbocycles. The van der Waals surface area contributed by atoms with Crippen LogP contribution in [-0.4, -0.2) is 40.2 Å². The Morgan fingerprint density at radius 3 is 2.63 bits per heavy atom. The third-order valence-corrected chi connectivity index (χ3v) is 3.85. The van der Waals surface area contributed by atoms with Crippen LogP contribution in [0.25, 0.3) is 0 Å². The van der Waals surface area contributed by atoms with Gasteiger partial charge in [-0.2, -0.15) is 0 Å². The number of rotatable bonds is 2. The summed E-state index contributed by atoms with van der Waals surface area (Å²) in [7, 11) is 0. The SMILES string of the molecule is CC1CCCN(C(=O)c2c(O)cccc2O)C1CN. The van der Waals surface area contributed by atoms with Crippen molar-refractivity contribution >= 4 is 5.91 Å². The Bertz CT molecular complexity index is 456. The highest BCUT2D eigenvalue weighted by Gasteiger charge is 2.33. The first-order valence-corrected chi connectivity index (χ1v) is 6.58. The van der Waals surface area contributed by atoms with Crippen molar-refractivity contribution in [2.24, 2.45) is 11.7 Å². The monoisotopic (exact) mass is 264 g/mol. The number of carbonyl (C=O) groups is 1. The number of phenols is 2. The van der Waals surface area contributed by atoms with E-state index in [-0.39, 0.29) is 29.0 Å². The van der Waals surface area contributed by atoms with Gasteiger partial charge in [-0.3, -0.25) is 4.79 Å². The van der Waals surface area contributed by atoms with E-state index in [0.717, 1.165) is 12.8 Å². The van der Waals surface area contributed by atoms with Gasteiger partial charge < -0.3 is 20.8 Å². The summed E-state index contributed by atoms with van der Waals surface area (Å²) in [5.74, 6) is -0.411. The molecule has 1 aromatic rings. The standard InChI is InChI=1S/C14H20N2O3/c1-9-4-3-7-16(10(9)8-15)14(19)13-11(17)5-2-6-12(13)18/h2,5-6,9-10,17-18H,3-4,7-8,15H2,1H3. The van der Waals surface area contributed by atoms with E-state index >= 15 is 0 Å². The van der Waals surface area contributed by atoms with Gasteiger partial charge in [-0.05, 0) is 30.9 Å². The fourth-order valence-electron chi connectivity index (χ4n) is 2.75. The van der Waals surface area contributed by atoms with Crippen molar-refractivity contribution < 1.29 is 15.0 Å². The minimum absolute atomic E-state index is 0.0324. The molecular formula is C14H20N2O3. The number of nitrogens with two attached hydrogens (primary N) is 1. The van der Waals surface area contributed by atoms with Gasteiger partial charge >= 0.3 is 0 Å². The van der Waals surface area contributed by atoms with Gasteiger partial charge in [0, 0.05) is 19.1 Å². The quantitative estimate of drug-likeness (QED) is 0.751. The Kier molecular flexibility index (Phi) is 3.95. The molecule has 0 aliphatic carbocycles. The zero-order chi connectivity index (χ0) is 14.0. The second-order valence-electron chi connectivity index (χ2n) is 5.09. The van der Waals surface area contributed by atoms with Crippen LogP contribution in [0.3, 0.4) is 0 Å². The highest BCUT2D eigenvalue weighted by Crippen LogP contribution is 2.31. The molecule has 0 radical (unpaired) electrons. The first-order chi connectivity index (χ1) is 9.06. The number of hydrogen-bond donors (Lipinski definition) is 3. The highest BCUT2D eigenvalue weighted by molar-refractivity contribution is 5.99. The van der Waals surface area contributed by atoms with Crippen LogP contribution in [0.15, 0.2) is 18.2 Å². The number of likely N-dealkylation sites (tertiary alicyclic amines) is 1. The Hall–Kier alpha value is -1.75. The molecule has 1 aliphatic heterocycles. The lowest BCUT2D eigenvalue weighted by molar-refractivity contribution is 0.0526. The molecular weight excluding hydrogens is 244 g/mol. The summed E-state index contributed by atoms with van der Waals surface area (Å²) in [6.07, 6.45) is 1.95. The van der Waals surface area contributed by atoms with E-state index in [0.29, 0.717) is 19.0 Å². The summed E-state index contributed by atoms with van der Waals surface area (Å²) in [6, 6.07) is 4.26. The number of nitrogens with zero attached hydrogens (tertiary/aromatic N) is 1. The molecule has 19 heavy (non-hydrogen) atoms. The van der Waals surface area contributed by atoms with Crippen LogP contribution in [0.1, 0.15) is 30.1 Å². The van der Waals surface area contributed by atoms with Gasteiger partial charge in [0.1, 0.15) is 17.1 Å². The van der Waals surface area contributed by atoms with Gasteiger partial charge in [0.25, 0.3) is 5.91 Å². The van der Waals surface area contributed by atoms with Crippen LogP contribution in [0.2, 0.25) is 0 Å². The van der Waals surface area contributed by atoms with E-state index in [1.165, 1.54) is 18.2 Å². The first-order valence-electron chi connectivity index (χ1n) is 6.58. The van der Waals surface area contributed by atoms with Gasteiger partial charge in [0.05, 0.1) is 0 Å². The smallest absolute Gasteiger partial charge is 0.261 e. The molecule has 1 amide bonds. The van der Waals surface area contributed by atoms with Crippen molar-refractivity contribution in [1.29, 1.82) is 0 Å². The predicted octanol–water partition coefficient (Wildman–Crippen LogP) is 1.30. The normalized spacial score (nSPS) is 23.4. The van der Waals surface area contributed by atoms with E-state index < -0.39 is 0 Å². The van der Waals surface area contributed by atoms with Crippen LogP contribution < -0.4 is 5.73 Å². The van der Waals surface area contributed by atoms with Gasteiger partial charge in [-0.25, -0.2) is 0 Å². The fourth-order valence-corrected chi connectivity index (χ4v) is 2.75. The summed E-state index contributed by atoms with van der Waals surface area (Å²) in [4.78, 5) is 14.2. The lowest BCUT2D eigenvalue weighted by atomic mass is 9.90. The van der Waals surface area contributed by atoms with Crippen molar-refractivity contribution in [2.45, 2.75) is 25.8 Å². The topological polar surface area (TPSA) is 86.8 Å². The molecule has 0 aromatic heterocycles. The molecule has 1 aromatic carbocycles. The van der Waals surface area contributed by atoms with Crippen molar-refractivity contribution in [2.75, 3.05) is 13.1 Å². The molecule has 1 fully saturated rings. The van der Waals surface area contributed by atoms with Crippen LogP contribution in [-0.2, 0) is 0 Å². The van der Waals surface area contributed by atoms with E-state index in [1.54, 1.807) is 4.90 Å². The summed E-state index contributed by atoms with van der Waals surface area (Å²) >= 11 is 0. The minimum atomic E-state index is -0.349. The molecule has 2 unspecified atom stereocenters. The lowest BCUT2D eigenvalue weighted by Gasteiger charge is -2.39. The molecule has 5 heteroatoms. The van der Waals surface area contributed by atoms with Crippen LogP contribution in [0.5, 0.6) is 11.5 Å². The second-order valence-corrected chi connectivity index (χ2v) is 5.09. The van der Waals surface area contributed by atoms with Crippen molar-refractivity contribution in [3.63, 3.8) is 0 Å². The predicted molar refractivity (Wildman–Crippen MR) is 72.0 cm³/mol. The third-order valence-electron chi connectivity index (χ3n) is 3.85. The number of carbonyl (C=O) groups excluding carboxylic acids is 1. The fraction of sp³-hybridized carbons (Fsp3) is 0.500. The zero-order valence-corrected chi connectivity index (χ0v) is 11.0. The number of aromatic hydroxyl groups is 2. The Balaban J connectivity index is 2.32. The summed E-state index contributed by atoms with van der Waals surface area (Å²) < 4.78 is 0. The molecule has 104 valence electrons. The maximum atomic E-state index is 12.5. The molecule has 1 aliphatic rings. The van der Waals surface area contributed by atoms with Crippen molar-refractivity contribution in [3.05, 3.63) is 23.8 Å². The molecule has 5 nitrogen and oxygen atoms in total. The van der Waals surface area contributed by atoms with Crippen LogP contribution in [0.4, 0.5) is 0 Å². The maximum Gasteiger partial charge on any atom is 0.261 e. The lowest BCUT2D eigenvalue weighted by Crippen LogP contribution is -2.51. The van der Waals surface area contributed by atoms with Crippen molar-refractivity contribution in [3.8, 4) is 11.5 Å². The summed E-state index contributed by atoms with van der Waals surface area (Å²) in [6.45, 7) is 3.07. The molecule has 1 saturated heterocycles. The molecule has 1 heterocycles. The van der Waals surface area contributed by atoms with Gasteiger partial charge in [0.2, 0.25) is 0 Å².